The summed E-state index contributed by atoms with van der Waals surface area (Å²) in [6.07, 6.45) is 7.79. The van der Waals surface area contributed by atoms with Gasteiger partial charge in [-0.15, -0.1) is 11.8 Å². The topological polar surface area (TPSA) is 72.1 Å². The Morgan fingerprint density at radius 1 is 1.45 bits per heavy atom. The van der Waals surface area contributed by atoms with Crippen LogP contribution < -0.4 is 5.73 Å². The summed E-state index contributed by atoms with van der Waals surface area (Å²) in [4.78, 5) is 22.4. The molecule has 0 unspecified atom stereocenters. The fourth-order valence-corrected chi connectivity index (χ4v) is 4.09. The van der Waals surface area contributed by atoms with Crippen LogP contribution in [0.1, 0.15) is 36.9 Å². The lowest BCUT2D eigenvalue weighted by molar-refractivity contribution is -0.129. The maximum Gasteiger partial charge on any atom is 0.232 e. The van der Waals surface area contributed by atoms with E-state index in [0.717, 1.165) is 24.2 Å². The third-order valence-corrected chi connectivity index (χ3v) is 5.42. The number of nitrogens with zero attached hydrogens (tertiary/aromatic N) is 3. The molecular weight excluding hydrogens is 272 g/mol. The van der Waals surface area contributed by atoms with E-state index < -0.39 is 0 Å². The number of carbonyl (C=O) groups is 1. The minimum Gasteiger partial charge on any atom is -0.368 e. The largest absolute Gasteiger partial charge is 0.368 e. The summed E-state index contributed by atoms with van der Waals surface area (Å²) in [6, 6.07) is 0. The number of hydrogen-bond donors (Lipinski definition) is 1. The molecule has 1 amide bonds. The van der Waals surface area contributed by atoms with Crippen LogP contribution in [0.5, 0.6) is 0 Å². The third kappa shape index (κ3) is 3.06. The standard InChI is InChI=1S/C14H20N4OS/c15-14-16-7-10-5-6-18(8-12(10)17-14)13(19)9-20-11-3-1-2-4-11/h7,11H,1-6,8-9H2,(H2,15,16,17). The summed E-state index contributed by atoms with van der Waals surface area (Å²) in [5.41, 5.74) is 7.64. The highest BCUT2D eigenvalue weighted by Gasteiger charge is 2.23. The number of carbonyl (C=O) groups excluding carboxylic acids is 1. The second-order valence-electron chi connectivity index (χ2n) is 5.48. The molecule has 0 aromatic carbocycles. The lowest BCUT2D eigenvalue weighted by Gasteiger charge is -2.28. The molecule has 20 heavy (non-hydrogen) atoms. The van der Waals surface area contributed by atoms with E-state index in [2.05, 4.69) is 9.97 Å². The van der Waals surface area contributed by atoms with Crippen LogP contribution in [0.15, 0.2) is 6.20 Å². The van der Waals surface area contributed by atoms with E-state index in [-0.39, 0.29) is 5.91 Å². The normalized spacial score (nSPS) is 19.1. The van der Waals surface area contributed by atoms with E-state index in [1.165, 1.54) is 25.7 Å². The lowest BCUT2D eigenvalue weighted by atomic mass is 10.1. The molecule has 108 valence electrons. The number of thioether (sulfide) groups is 1. The first-order chi connectivity index (χ1) is 9.72. The number of nitrogens with two attached hydrogens (primary N) is 1. The van der Waals surface area contributed by atoms with Crippen molar-refractivity contribution in [2.45, 2.75) is 43.9 Å². The highest BCUT2D eigenvalue weighted by atomic mass is 32.2. The molecule has 0 radical (unpaired) electrons. The number of amides is 1. The molecule has 1 aromatic rings. The average Bonchev–Trinajstić information content (AvgIpc) is 2.97. The summed E-state index contributed by atoms with van der Waals surface area (Å²) in [5, 5.41) is 0.689. The Morgan fingerprint density at radius 3 is 3.05 bits per heavy atom. The van der Waals surface area contributed by atoms with Crippen molar-refractivity contribution in [3.63, 3.8) is 0 Å². The number of anilines is 1. The van der Waals surface area contributed by atoms with E-state index in [1.807, 2.05) is 16.7 Å². The fourth-order valence-electron chi connectivity index (χ4n) is 2.87. The Labute approximate surface area is 123 Å². The molecule has 1 aliphatic heterocycles. The highest BCUT2D eigenvalue weighted by molar-refractivity contribution is 8.00. The highest BCUT2D eigenvalue weighted by Crippen LogP contribution is 2.29. The van der Waals surface area contributed by atoms with Gasteiger partial charge in [0.25, 0.3) is 0 Å². The molecule has 1 aliphatic carbocycles. The van der Waals surface area contributed by atoms with Gasteiger partial charge in [-0.05, 0) is 24.8 Å². The Kier molecular flexibility index (Phi) is 4.10. The monoisotopic (exact) mass is 292 g/mol. The maximum absolute atomic E-state index is 12.3. The van der Waals surface area contributed by atoms with Crippen LogP contribution in [0.4, 0.5) is 5.95 Å². The smallest absolute Gasteiger partial charge is 0.232 e. The van der Waals surface area contributed by atoms with E-state index in [9.17, 15) is 4.79 Å². The number of rotatable bonds is 3. The molecule has 0 atom stereocenters. The maximum atomic E-state index is 12.3. The van der Waals surface area contributed by atoms with E-state index in [4.69, 9.17) is 5.73 Å². The molecule has 6 heteroatoms. The number of hydrogen-bond acceptors (Lipinski definition) is 5. The Hall–Kier alpha value is -1.30. The summed E-state index contributed by atoms with van der Waals surface area (Å²) >= 11 is 1.82. The predicted octanol–water partition coefficient (Wildman–Crippen LogP) is 1.62. The van der Waals surface area contributed by atoms with Gasteiger partial charge in [0.15, 0.2) is 0 Å². The van der Waals surface area contributed by atoms with Gasteiger partial charge in [0, 0.05) is 18.0 Å². The molecule has 3 rings (SSSR count). The first-order valence-corrected chi connectivity index (χ1v) is 8.27. The second-order valence-corrected chi connectivity index (χ2v) is 6.77. The summed E-state index contributed by atoms with van der Waals surface area (Å²) in [5.74, 6) is 1.11. The SMILES string of the molecule is Nc1ncc2c(n1)CN(C(=O)CSC1CCCC1)CC2. The number of nitrogen functional groups attached to an aromatic ring is 1. The zero-order valence-corrected chi connectivity index (χ0v) is 12.4. The van der Waals surface area contributed by atoms with Gasteiger partial charge in [0.1, 0.15) is 0 Å². The molecule has 2 aliphatic rings. The molecule has 5 nitrogen and oxygen atoms in total. The summed E-state index contributed by atoms with van der Waals surface area (Å²) < 4.78 is 0. The van der Waals surface area contributed by atoms with Crippen LogP contribution in [-0.4, -0.2) is 38.3 Å². The van der Waals surface area contributed by atoms with Gasteiger partial charge in [0.05, 0.1) is 18.0 Å². The Morgan fingerprint density at radius 2 is 2.25 bits per heavy atom. The van der Waals surface area contributed by atoms with Gasteiger partial charge in [-0.2, -0.15) is 0 Å². The van der Waals surface area contributed by atoms with E-state index in [1.54, 1.807) is 6.20 Å². The minimum absolute atomic E-state index is 0.227. The Balaban J connectivity index is 1.57. The average molecular weight is 292 g/mol. The van der Waals surface area contributed by atoms with Gasteiger partial charge in [0.2, 0.25) is 11.9 Å². The third-order valence-electron chi connectivity index (χ3n) is 4.06. The molecule has 1 aromatic heterocycles. The van der Waals surface area contributed by atoms with Crippen LogP contribution in [-0.2, 0) is 17.8 Å². The van der Waals surface area contributed by atoms with Crippen LogP contribution >= 0.6 is 11.8 Å². The van der Waals surface area contributed by atoms with Gasteiger partial charge >= 0.3 is 0 Å². The van der Waals surface area contributed by atoms with Gasteiger partial charge < -0.3 is 10.6 Å². The van der Waals surface area contributed by atoms with E-state index in [0.29, 0.717) is 23.5 Å². The van der Waals surface area contributed by atoms with Crippen molar-refractivity contribution in [2.24, 2.45) is 0 Å². The van der Waals surface area contributed by atoms with Crippen LogP contribution in [0.2, 0.25) is 0 Å². The summed E-state index contributed by atoms with van der Waals surface area (Å²) in [7, 11) is 0. The molecular formula is C14H20N4OS. The van der Waals surface area contributed by atoms with E-state index >= 15 is 0 Å². The van der Waals surface area contributed by atoms with Gasteiger partial charge in [-0.3, -0.25) is 4.79 Å². The second kappa shape index (κ2) is 5.99. The predicted molar refractivity (Wildman–Crippen MR) is 80.3 cm³/mol. The fraction of sp³-hybridized carbons (Fsp3) is 0.643. The summed E-state index contributed by atoms with van der Waals surface area (Å²) in [6.45, 7) is 1.34. The molecule has 1 saturated carbocycles. The zero-order chi connectivity index (χ0) is 13.9. The van der Waals surface area contributed by atoms with Crippen molar-refractivity contribution in [3.05, 3.63) is 17.5 Å². The van der Waals surface area contributed by atoms with Crippen molar-refractivity contribution < 1.29 is 4.79 Å². The van der Waals surface area contributed by atoms with Crippen molar-refractivity contribution in [2.75, 3.05) is 18.0 Å². The van der Waals surface area contributed by atoms with Gasteiger partial charge in [-0.25, -0.2) is 9.97 Å². The Bertz CT molecular complexity index is 502. The van der Waals surface area contributed by atoms with Crippen LogP contribution in [0, 0.1) is 0 Å². The quantitative estimate of drug-likeness (QED) is 0.916. The van der Waals surface area contributed by atoms with Crippen LogP contribution in [0.3, 0.4) is 0 Å². The molecule has 0 spiro atoms. The first kappa shape index (κ1) is 13.7. The van der Waals surface area contributed by atoms with Crippen molar-refractivity contribution in [3.8, 4) is 0 Å². The van der Waals surface area contributed by atoms with Crippen molar-refractivity contribution in [1.82, 2.24) is 14.9 Å². The minimum atomic E-state index is 0.227. The molecule has 0 bridgehead atoms. The lowest BCUT2D eigenvalue weighted by Crippen LogP contribution is -2.38. The molecule has 2 N–H and O–H groups in total. The number of aromatic nitrogens is 2. The zero-order valence-electron chi connectivity index (χ0n) is 11.5. The molecule has 2 heterocycles. The van der Waals surface area contributed by atoms with Crippen molar-refractivity contribution >= 4 is 23.6 Å². The van der Waals surface area contributed by atoms with Gasteiger partial charge in [-0.1, -0.05) is 12.8 Å². The van der Waals surface area contributed by atoms with Crippen LogP contribution in [0.25, 0.3) is 0 Å². The van der Waals surface area contributed by atoms with Crippen molar-refractivity contribution in [1.29, 1.82) is 0 Å². The molecule has 0 saturated heterocycles. The first-order valence-electron chi connectivity index (χ1n) is 7.22. The number of fused-ring (bicyclic) bond motifs is 1. The molecule has 1 fully saturated rings.